The minimum Gasteiger partial charge on any atom is -0.312 e. The average molecular weight is 405 g/mol. The number of imidazole rings is 1. The summed E-state index contributed by atoms with van der Waals surface area (Å²) in [6.45, 7) is 1.67. The zero-order valence-corrected chi connectivity index (χ0v) is 15.0. The molecule has 0 atom stereocenters. The van der Waals surface area contributed by atoms with Gasteiger partial charge in [-0.2, -0.15) is 26.3 Å². The van der Waals surface area contributed by atoms with E-state index in [1.165, 1.54) is 10.6 Å². The highest BCUT2D eigenvalue weighted by molar-refractivity contribution is 7.80. The Morgan fingerprint density at radius 1 is 1.07 bits per heavy atom. The molecule has 0 unspecified atom stereocenters. The Hall–Kier alpha value is -2.23. The van der Waals surface area contributed by atoms with E-state index in [2.05, 4.69) is 22.6 Å². The van der Waals surface area contributed by atoms with Crippen LogP contribution < -0.4 is 0 Å². The predicted molar refractivity (Wildman–Crippen MR) is 90.6 cm³/mol. The third-order valence-corrected chi connectivity index (χ3v) is 4.73. The number of hydrogen-bond acceptors (Lipinski definition) is 3. The van der Waals surface area contributed by atoms with Gasteiger partial charge in [0.2, 0.25) is 0 Å². The van der Waals surface area contributed by atoms with Crippen LogP contribution >= 0.6 is 12.6 Å². The summed E-state index contributed by atoms with van der Waals surface area (Å²) in [6, 6.07) is 3.02. The number of rotatable bonds is 2. The molecule has 2 aromatic heterocycles. The number of halogens is 6. The molecular formula is C17H13F6N3S. The van der Waals surface area contributed by atoms with Crippen molar-refractivity contribution in [2.24, 2.45) is 7.05 Å². The van der Waals surface area contributed by atoms with E-state index in [-0.39, 0.29) is 28.3 Å². The summed E-state index contributed by atoms with van der Waals surface area (Å²) in [7, 11) is 1.54. The fraction of sp³-hybridized carbons (Fsp3) is 0.294. The van der Waals surface area contributed by atoms with E-state index >= 15 is 0 Å². The first kappa shape index (κ1) is 19.5. The van der Waals surface area contributed by atoms with E-state index in [0.29, 0.717) is 17.3 Å². The van der Waals surface area contributed by atoms with E-state index in [1.54, 1.807) is 14.0 Å². The van der Waals surface area contributed by atoms with E-state index in [0.717, 1.165) is 12.1 Å². The molecule has 0 bridgehead atoms. The zero-order chi connectivity index (χ0) is 20.1. The van der Waals surface area contributed by atoms with Gasteiger partial charge in [0.05, 0.1) is 11.1 Å². The lowest BCUT2D eigenvalue weighted by atomic mass is 10.0. The number of nitrogens with zero attached hydrogens (tertiary/aromatic N) is 3. The number of alkyl halides is 6. The Balaban J connectivity index is 2.23. The second kappa shape index (κ2) is 6.43. The Kier molecular flexibility index (Phi) is 4.65. The van der Waals surface area contributed by atoms with Crippen LogP contribution in [-0.4, -0.2) is 14.5 Å². The van der Waals surface area contributed by atoms with Gasteiger partial charge in [-0.3, -0.25) is 0 Å². The number of pyridine rings is 1. The van der Waals surface area contributed by atoms with Crippen molar-refractivity contribution in [3.8, 4) is 11.4 Å². The average Bonchev–Trinajstić information content (AvgIpc) is 2.88. The van der Waals surface area contributed by atoms with Crippen LogP contribution in [0, 0.1) is 0 Å². The topological polar surface area (TPSA) is 30.7 Å². The standard InChI is InChI=1S/C17H13F6N3S/c1-3-9-10(4-5-11(13(9)27)17(21,22)23)14-25-12-6-8(16(18,19)20)7-24-15(12)26(14)2/h4-7,27H,3H2,1-2H3. The number of fused-ring (bicyclic) bond motifs is 1. The highest BCUT2D eigenvalue weighted by atomic mass is 32.1. The molecule has 0 fully saturated rings. The summed E-state index contributed by atoms with van der Waals surface area (Å²) in [5.41, 5.74) is -0.946. The predicted octanol–water partition coefficient (Wildman–Crippen LogP) is 5.52. The number of hydrogen-bond donors (Lipinski definition) is 1. The van der Waals surface area contributed by atoms with Crippen LogP contribution in [0.25, 0.3) is 22.6 Å². The first-order chi connectivity index (χ1) is 12.4. The highest BCUT2D eigenvalue weighted by Crippen LogP contribution is 2.39. The van der Waals surface area contributed by atoms with Gasteiger partial charge in [0, 0.05) is 23.7 Å². The van der Waals surface area contributed by atoms with Crippen LogP contribution in [0.3, 0.4) is 0 Å². The minimum absolute atomic E-state index is 0.00462. The van der Waals surface area contributed by atoms with Gasteiger partial charge in [0.15, 0.2) is 5.65 Å². The van der Waals surface area contributed by atoms with Gasteiger partial charge < -0.3 is 4.57 Å². The van der Waals surface area contributed by atoms with Crippen LogP contribution in [0.15, 0.2) is 29.3 Å². The number of aryl methyl sites for hydroxylation is 1. The summed E-state index contributed by atoms with van der Waals surface area (Å²) in [5.74, 6) is 0.220. The molecule has 1 aromatic carbocycles. The van der Waals surface area contributed by atoms with Crippen LogP contribution in [-0.2, 0) is 25.8 Å². The lowest BCUT2D eigenvalue weighted by Crippen LogP contribution is -2.09. The smallest absolute Gasteiger partial charge is 0.312 e. The largest absolute Gasteiger partial charge is 0.417 e. The summed E-state index contributed by atoms with van der Waals surface area (Å²) in [5, 5.41) is 0. The maximum absolute atomic E-state index is 13.1. The van der Waals surface area contributed by atoms with Crippen molar-refractivity contribution < 1.29 is 26.3 Å². The van der Waals surface area contributed by atoms with E-state index in [1.807, 2.05) is 0 Å². The molecule has 27 heavy (non-hydrogen) atoms. The van der Waals surface area contributed by atoms with Crippen molar-refractivity contribution >= 4 is 23.8 Å². The molecular weight excluding hydrogens is 392 g/mol. The monoisotopic (exact) mass is 405 g/mol. The molecule has 0 saturated heterocycles. The van der Waals surface area contributed by atoms with Crippen molar-refractivity contribution in [3.63, 3.8) is 0 Å². The van der Waals surface area contributed by atoms with Crippen molar-refractivity contribution in [1.82, 2.24) is 14.5 Å². The van der Waals surface area contributed by atoms with Crippen LogP contribution in [0.5, 0.6) is 0 Å². The van der Waals surface area contributed by atoms with Gasteiger partial charge in [-0.1, -0.05) is 13.0 Å². The summed E-state index contributed by atoms with van der Waals surface area (Å²) < 4.78 is 79.4. The molecule has 3 aromatic rings. The molecule has 144 valence electrons. The molecule has 0 aliphatic rings. The molecule has 2 heterocycles. The van der Waals surface area contributed by atoms with Gasteiger partial charge in [0.25, 0.3) is 0 Å². The van der Waals surface area contributed by atoms with Crippen molar-refractivity contribution in [1.29, 1.82) is 0 Å². The van der Waals surface area contributed by atoms with E-state index < -0.39 is 23.5 Å². The van der Waals surface area contributed by atoms with Crippen LogP contribution in [0.1, 0.15) is 23.6 Å². The molecule has 0 N–H and O–H groups in total. The Morgan fingerprint density at radius 2 is 1.74 bits per heavy atom. The number of aromatic nitrogens is 3. The maximum Gasteiger partial charge on any atom is 0.417 e. The first-order valence-corrected chi connectivity index (χ1v) is 8.22. The zero-order valence-electron chi connectivity index (χ0n) is 14.1. The number of benzene rings is 1. The van der Waals surface area contributed by atoms with Gasteiger partial charge >= 0.3 is 12.4 Å². The van der Waals surface area contributed by atoms with Crippen molar-refractivity contribution in [3.05, 3.63) is 41.1 Å². The molecule has 0 spiro atoms. The molecule has 10 heteroatoms. The SMILES string of the molecule is CCc1c(-c2nc3cc(C(F)(F)F)cnc3n2C)ccc(C(F)(F)F)c1S. The lowest BCUT2D eigenvalue weighted by molar-refractivity contribution is -0.140. The third-order valence-electron chi connectivity index (χ3n) is 4.22. The second-order valence-corrected chi connectivity index (χ2v) is 6.35. The van der Waals surface area contributed by atoms with Gasteiger partial charge in [0.1, 0.15) is 11.3 Å². The highest BCUT2D eigenvalue weighted by Gasteiger charge is 2.35. The normalized spacial score (nSPS) is 12.8. The molecule has 0 aliphatic heterocycles. The quantitative estimate of drug-likeness (QED) is 0.449. The van der Waals surface area contributed by atoms with Crippen LogP contribution in [0.4, 0.5) is 26.3 Å². The fourth-order valence-electron chi connectivity index (χ4n) is 2.90. The van der Waals surface area contributed by atoms with Crippen molar-refractivity contribution in [2.75, 3.05) is 0 Å². The van der Waals surface area contributed by atoms with Gasteiger partial charge in [-0.25, -0.2) is 9.97 Å². The molecule has 3 nitrogen and oxygen atoms in total. The summed E-state index contributed by atoms with van der Waals surface area (Å²) >= 11 is 4.03. The summed E-state index contributed by atoms with van der Waals surface area (Å²) in [6.07, 6.45) is -8.19. The summed E-state index contributed by atoms with van der Waals surface area (Å²) in [4.78, 5) is 7.77. The maximum atomic E-state index is 13.1. The molecule has 3 rings (SSSR count). The van der Waals surface area contributed by atoms with Crippen LogP contribution in [0.2, 0.25) is 0 Å². The first-order valence-electron chi connectivity index (χ1n) is 7.77. The fourth-order valence-corrected chi connectivity index (χ4v) is 3.38. The number of thiol groups is 1. The molecule has 0 radical (unpaired) electrons. The van der Waals surface area contributed by atoms with E-state index in [9.17, 15) is 26.3 Å². The minimum atomic E-state index is -4.57. The van der Waals surface area contributed by atoms with Gasteiger partial charge in [-0.05, 0) is 24.1 Å². The lowest BCUT2D eigenvalue weighted by Gasteiger charge is -2.16. The molecule has 0 saturated carbocycles. The second-order valence-electron chi connectivity index (χ2n) is 5.90. The van der Waals surface area contributed by atoms with E-state index in [4.69, 9.17) is 0 Å². The third kappa shape index (κ3) is 3.38. The Labute approximate surface area is 155 Å². The molecule has 0 aliphatic carbocycles. The van der Waals surface area contributed by atoms with Crippen molar-refractivity contribution in [2.45, 2.75) is 30.6 Å². The molecule has 0 amide bonds. The van der Waals surface area contributed by atoms with Gasteiger partial charge in [-0.15, -0.1) is 12.6 Å². The Bertz CT molecular complexity index is 1020. The Morgan fingerprint density at radius 3 is 2.30 bits per heavy atom.